The minimum Gasteiger partial charge on any atom is -0.493 e. The molecule has 3 amide bonds. The highest BCUT2D eigenvalue weighted by molar-refractivity contribution is 5.95. The zero-order chi connectivity index (χ0) is 22.4. The molecule has 2 aliphatic heterocycles. The van der Waals surface area contributed by atoms with Gasteiger partial charge in [0, 0.05) is 44.0 Å². The maximum atomic E-state index is 12.9. The topological polar surface area (TPSA) is 109 Å². The molecule has 0 aromatic heterocycles. The van der Waals surface area contributed by atoms with Gasteiger partial charge in [0.15, 0.2) is 11.5 Å². The van der Waals surface area contributed by atoms with Crippen LogP contribution in [-0.4, -0.2) is 87.8 Å². The number of hydrogen-bond donors (Lipinski definition) is 2. The van der Waals surface area contributed by atoms with Crippen LogP contribution in [0.5, 0.6) is 11.5 Å². The first-order valence-electron chi connectivity index (χ1n) is 10.1. The molecule has 2 aliphatic rings. The van der Waals surface area contributed by atoms with Crippen molar-refractivity contribution in [3.8, 4) is 11.5 Å². The second kappa shape index (κ2) is 10.2. The first-order chi connectivity index (χ1) is 15.0. The number of nitrogens with one attached hydrogen (secondary N) is 2. The number of amides is 3. The average Bonchev–Trinajstić information content (AvgIpc) is 2.79. The van der Waals surface area contributed by atoms with Crippen molar-refractivity contribution >= 4 is 17.9 Å². The van der Waals surface area contributed by atoms with Gasteiger partial charge in [-0.1, -0.05) is 0 Å². The molecule has 0 unspecified atom stereocenters. The Bertz CT molecular complexity index is 877. The normalized spacial score (nSPS) is 17.0. The summed E-state index contributed by atoms with van der Waals surface area (Å²) < 4.78 is 15.6. The molecule has 10 nitrogen and oxygen atoms in total. The van der Waals surface area contributed by atoms with E-state index in [1.54, 1.807) is 37.1 Å². The molecule has 0 bridgehead atoms. The minimum atomic E-state index is -0.438. The van der Waals surface area contributed by atoms with E-state index in [9.17, 15) is 14.4 Å². The van der Waals surface area contributed by atoms with Gasteiger partial charge in [-0.05, 0) is 25.1 Å². The fourth-order valence-corrected chi connectivity index (χ4v) is 3.57. The number of hydrogen-bond acceptors (Lipinski definition) is 7. The Hall–Kier alpha value is -3.27. The van der Waals surface area contributed by atoms with E-state index in [0.29, 0.717) is 61.1 Å². The highest BCUT2D eigenvalue weighted by Crippen LogP contribution is 2.28. The molecular weight excluding hydrogens is 404 g/mol. The van der Waals surface area contributed by atoms with Crippen LogP contribution in [0, 0.1) is 0 Å². The summed E-state index contributed by atoms with van der Waals surface area (Å²) in [5, 5.41) is 5.31. The van der Waals surface area contributed by atoms with Gasteiger partial charge in [0.1, 0.15) is 0 Å². The smallest absolute Gasteiger partial charge is 0.337 e. The molecule has 2 N–H and O–H groups in total. The molecule has 0 radical (unpaired) electrons. The summed E-state index contributed by atoms with van der Waals surface area (Å²) in [5.41, 5.74) is 1.50. The predicted octanol–water partition coefficient (Wildman–Crippen LogP) is 0.592. The third kappa shape index (κ3) is 5.26. The van der Waals surface area contributed by atoms with Crippen molar-refractivity contribution in [2.45, 2.75) is 6.92 Å². The lowest BCUT2D eigenvalue weighted by atomic mass is 10.1. The maximum absolute atomic E-state index is 12.9. The summed E-state index contributed by atoms with van der Waals surface area (Å²) in [5.74, 6) is 0.556. The quantitative estimate of drug-likeness (QED) is 0.607. The van der Waals surface area contributed by atoms with E-state index < -0.39 is 5.97 Å². The maximum Gasteiger partial charge on any atom is 0.337 e. The molecule has 10 heteroatoms. The number of rotatable bonds is 7. The Kier molecular flexibility index (Phi) is 7.35. The number of nitrogens with zero attached hydrogens (tertiary/aromatic N) is 2. The number of carbonyl (C=O) groups is 3. The van der Waals surface area contributed by atoms with Crippen molar-refractivity contribution in [2.24, 2.45) is 0 Å². The van der Waals surface area contributed by atoms with Gasteiger partial charge in [-0.25, -0.2) is 9.59 Å². The average molecular weight is 432 g/mol. The van der Waals surface area contributed by atoms with Gasteiger partial charge in [-0.2, -0.15) is 0 Å². The highest BCUT2D eigenvalue weighted by atomic mass is 16.5. The van der Waals surface area contributed by atoms with Crippen molar-refractivity contribution < 1.29 is 28.6 Å². The summed E-state index contributed by atoms with van der Waals surface area (Å²) in [4.78, 5) is 40.7. The van der Waals surface area contributed by atoms with Crippen LogP contribution >= 0.6 is 0 Å². The van der Waals surface area contributed by atoms with Gasteiger partial charge in [0.25, 0.3) is 5.91 Å². The number of methoxy groups -OCH3 is 2. The molecule has 0 spiro atoms. The van der Waals surface area contributed by atoms with Crippen LogP contribution in [0.3, 0.4) is 0 Å². The molecule has 168 valence electrons. The molecule has 2 heterocycles. The van der Waals surface area contributed by atoms with E-state index in [1.807, 2.05) is 0 Å². The summed E-state index contributed by atoms with van der Waals surface area (Å²) in [6.07, 6.45) is 0. The third-order valence-corrected chi connectivity index (χ3v) is 5.25. The Labute approximate surface area is 181 Å². The van der Waals surface area contributed by atoms with Gasteiger partial charge >= 0.3 is 12.0 Å². The lowest BCUT2D eigenvalue weighted by molar-refractivity contribution is -0.138. The lowest BCUT2D eigenvalue weighted by Crippen LogP contribution is -2.52. The van der Waals surface area contributed by atoms with Crippen molar-refractivity contribution in [3.05, 3.63) is 35.0 Å². The summed E-state index contributed by atoms with van der Waals surface area (Å²) >= 11 is 0. The number of carbonyl (C=O) groups excluding carboxylic acids is 3. The fraction of sp³-hybridized carbons (Fsp3) is 0.476. The van der Waals surface area contributed by atoms with Crippen LogP contribution < -0.4 is 20.1 Å². The van der Waals surface area contributed by atoms with Crippen molar-refractivity contribution in [3.63, 3.8) is 0 Å². The van der Waals surface area contributed by atoms with Gasteiger partial charge < -0.3 is 29.7 Å². The van der Waals surface area contributed by atoms with Gasteiger partial charge in [0.05, 0.1) is 32.9 Å². The third-order valence-electron chi connectivity index (χ3n) is 5.25. The first-order valence-corrected chi connectivity index (χ1v) is 10.1. The van der Waals surface area contributed by atoms with E-state index in [2.05, 4.69) is 15.5 Å². The van der Waals surface area contributed by atoms with Crippen molar-refractivity contribution in [1.29, 1.82) is 0 Å². The molecule has 1 saturated heterocycles. The van der Waals surface area contributed by atoms with Crippen LogP contribution in [0.25, 0.3) is 0 Å². The Morgan fingerprint density at radius 3 is 2.42 bits per heavy atom. The Morgan fingerprint density at radius 1 is 1.06 bits per heavy atom. The number of esters is 1. The van der Waals surface area contributed by atoms with Crippen LogP contribution in [0.4, 0.5) is 4.79 Å². The second-order valence-corrected chi connectivity index (χ2v) is 7.12. The van der Waals surface area contributed by atoms with E-state index in [0.717, 1.165) is 0 Å². The standard InChI is InChI=1S/C21H28N4O6/c1-4-31-20(27)15-12-22-21(28)23-16(15)13-24-7-9-25(10-8-24)19(26)14-5-6-17(29-2)18(11-14)30-3/h5-6,11H,4,7-10,12-13H2,1-3H3,(H2,22,23,28). The molecule has 3 rings (SSSR count). The number of piperazine rings is 1. The SMILES string of the molecule is CCOC(=O)C1=C(CN2CCN(C(=O)c3ccc(OC)c(OC)c3)CC2)NC(=O)NC1. The van der Waals surface area contributed by atoms with E-state index in [4.69, 9.17) is 14.2 Å². The number of urea groups is 1. The second-order valence-electron chi connectivity index (χ2n) is 7.12. The van der Waals surface area contributed by atoms with Gasteiger partial charge in [-0.15, -0.1) is 0 Å². The van der Waals surface area contributed by atoms with Crippen molar-refractivity contribution in [1.82, 2.24) is 20.4 Å². The van der Waals surface area contributed by atoms with Gasteiger partial charge in [-0.3, -0.25) is 9.69 Å². The van der Waals surface area contributed by atoms with E-state index in [-0.39, 0.29) is 25.1 Å². The summed E-state index contributed by atoms with van der Waals surface area (Å²) in [6, 6.07) is 4.77. The summed E-state index contributed by atoms with van der Waals surface area (Å²) in [6.45, 7) is 4.83. The zero-order valence-electron chi connectivity index (χ0n) is 18.0. The van der Waals surface area contributed by atoms with Crippen LogP contribution in [-0.2, 0) is 9.53 Å². The number of benzene rings is 1. The largest absolute Gasteiger partial charge is 0.493 e. The van der Waals surface area contributed by atoms with Crippen LogP contribution in [0.1, 0.15) is 17.3 Å². The number of ether oxygens (including phenoxy) is 3. The molecule has 1 aromatic rings. The lowest BCUT2D eigenvalue weighted by Gasteiger charge is -2.36. The highest BCUT2D eigenvalue weighted by Gasteiger charge is 2.28. The van der Waals surface area contributed by atoms with Gasteiger partial charge in [0.2, 0.25) is 0 Å². The molecule has 0 saturated carbocycles. The minimum absolute atomic E-state index is 0.0813. The van der Waals surface area contributed by atoms with Crippen molar-refractivity contribution in [2.75, 3.05) is 60.1 Å². The van der Waals surface area contributed by atoms with E-state index >= 15 is 0 Å². The molecule has 0 aliphatic carbocycles. The predicted molar refractivity (Wildman–Crippen MR) is 112 cm³/mol. The molecule has 0 atom stereocenters. The summed E-state index contributed by atoms with van der Waals surface area (Å²) in [7, 11) is 3.08. The Morgan fingerprint density at radius 2 is 1.77 bits per heavy atom. The van der Waals surface area contributed by atoms with Crippen LogP contribution in [0.15, 0.2) is 29.5 Å². The zero-order valence-corrected chi connectivity index (χ0v) is 18.0. The molecule has 1 aromatic carbocycles. The Balaban J connectivity index is 1.63. The first kappa shape index (κ1) is 22.4. The molecule has 31 heavy (non-hydrogen) atoms. The molecule has 1 fully saturated rings. The van der Waals surface area contributed by atoms with E-state index in [1.165, 1.54) is 7.11 Å². The van der Waals surface area contributed by atoms with Crippen LogP contribution in [0.2, 0.25) is 0 Å². The monoisotopic (exact) mass is 432 g/mol. The fourth-order valence-electron chi connectivity index (χ4n) is 3.57. The molecular formula is C21H28N4O6.